The van der Waals surface area contributed by atoms with Crippen LogP contribution >= 0.6 is 12.4 Å². The maximum atomic E-state index is 11.7. The highest BCUT2D eigenvalue weighted by atomic mass is 35.5. The number of halogens is 4. The fourth-order valence-electron chi connectivity index (χ4n) is 1.51. The number of ether oxygens (including phenoxy) is 1. The van der Waals surface area contributed by atoms with Crippen molar-refractivity contribution >= 4 is 12.4 Å². The highest BCUT2D eigenvalue weighted by Gasteiger charge is 2.27. The summed E-state index contributed by atoms with van der Waals surface area (Å²) in [6, 6.07) is 0. The molecule has 7 heteroatoms. The van der Waals surface area contributed by atoms with E-state index in [4.69, 9.17) is 0 Å². The van der Waals surface area contributed by atoms with Crippen molar-refractivity contribution in [3.63, 3.8) is 0 Å². The second-order valence-electron chi connectivity index (χ2n) is 3.61. The molecule has 0 unspecified atom stereocenters. The summed E-state index contributed by atoms with van der Waals surface area (Å²) in [4.78, 5) is 2.12. The first-order valence-electron chi connectivity index (χ1n) is 5.15. The van der Waals surface area contributed by atoms with Crippen LogP contribution in [0.4, 0.5) is 13.2 Å². The lowest BCUT2D eigenvalue weighted by Gasteiger charge is -2.19. The molecule has 0 amide bonds. The summed E-state index contributed by atoms with van der Waals surface area (Å²) in [7, 11) is 0. The standard InChI is InChI=1S/C9H17F3N2O.ClH/c10-9(11,12)8-15-7-6-14-4-1-2-13-3-5-14;/h13H,1-8H2;1H. The highest BCUT2D eigenvalue weighted by Crippen LogP contribution is 2.14. The zero-order valence-corrected chi connectivity index (χ0v) is 9.87. The van der Waals surface area contributed by atoms with Crippen molar-refractivity contribution in [1.82, 2.24) is 10.2 Å². The van der Waals surface area contributed by atoms with Crippen molar-refractivity contribution in [2.75, 3.05) is 45.9 Å². The first-order chi connectivity index (χ1) is 7.08. The Labute approximate surface area is 99.7 Å². The molecule has 1 N–H and O–H groups in total. The normalized spacial score (nSPS) is 18.9. The molecule has 1 saturated heterocycles. The summed E-state index contributed by atoms with van der Waals surface area (Å²) in [5.74, 6) is 0. The molecule has 1 heterocycles. The first kappa shape index (κ1) is 16.0. The van der Waals surface area contributed by atoms with Gasteiger partial charge in [-0.25, -0.2) is 0 Å². The molecule has 0 bridgehead atoms. The Bertz CT molecular complexity index is 173. The van der Waals surface area contributed by atoms with Gasteiger partial charge in [-0.1, -0.05) is 0 Å². The van der Waals surface area contributed by atoms with Crippen LogP contribution in [-0.4, -0.2) is 57.0 Å². The Hall–Kier alpha value is -0.0400. The minimum Gasteiger partial charge on any atom is -0.371 e. The van der Waals surface area contributed by atoms with E-state index in [-0.39, 0.29) is 19.0 Å². The van der Waals surface area contributed by atoms with Crippen LogP contribution in [0.2, 0.25) is 0 Å². The van der Waals surface area contributed by atoms with Gasteiger partial charge in [-0.2, -0.15) is 13.2 Å². The van der Waals surface area contributed by atoms with E-state index in [1.165, 1.54) is 0 Å². The van der Waals surface area contributed by atoms with Crippen molar-refractivity contribution in [2.24, 2.45) is 0 Å². The minimum absolute atomic E-state index is 0. The summed E-state index contributed by atoms with van der Waals surface area (Å²) in [6.07, 6.45) is -3.17. The Balaban J connectivity index is 0.00000225. The van der Waals surface area contributed by atoms with Gasteiger partial charge in [0.2, 0.25) is 0 Å². The molecule has 98 valence electrons. The minimum atomic E-state index is -4.21. The molecular formula is C9H18ClF3N2O. The van der Waals surface area contributed by atoms with E-state index in [2.05, 4.69) is 15.0 Å². The van der Waals surface area contributed by atoms with E-state index in [0.717, 1.165) is 32.6 Å². The molecule has 1 aliphatic heterocycles. The van der Waals surface area contributed by atoms with Gasteiger partial charge in [-0.05, 0) is 19.5 Å². The molecule has 1 fully saturated rings. The fraction of sp³-hybridized carbons (Fsp3) is 1.00. The maximum absolute atomic E-state index is 11.7. The topological polar surface area (TPSA) is 24.5 Å². The third-order valence-electron chi connectivity index (χ3n) is 2.25. The Morgan fingerprint density at radius 3 is 2.62 bits per heavy atom. The lowest BCUT2D eigenvalue weighted by molar-refractivity contribution is -0.174. The largest absolute Gasteiger partial charge is 0.411 e. The number of nitrogens with one attached hydrogen (secondary N) is 1. The predicted molar refractivity (Wildman–Crippen MR) is 58.0 cm³/mol. The zero-order valence-electron chi connectivity index (χ0n) is 9.05. The average molecular weight is 263 g/mol. The van der Waals surface area contributed by atoms with Gasteiger partial charge in [-0.3, -0.25) is 4.90 Å². The van der Waals surface area contributed by atoms with Crippen LogP contribution in [0.3, 0.4) is 0 Å². The van der Waals surface area contributed by atoms with Crippen LogP contribution in [0.1, 0.15) is 6.42 Å². The number of rotatable bonds is 4. The van der Waals surface area contributed by atoms with Crippen molar-refractivity contribution in [3.05, 3.63) is 0 Å². The van der Waals surface area contributed by atoms with Crippen molar-refractivity contribution in [1.29, 1.82) is 0 Å². The third kappa shape index (κ3) is 8.15. The second kappa shape index (κ2) is 8.11. The maximum Gasteiger partial charge on any atom is 0.411 e. The van der Waals surface area contributed by atoms with E-state index in [9.17, 15) is 13.2 Å². The van der Waals surface area contributed by atoms with Crippen molar-refractivity contribution in [2.45, 2.75) is 12.6 Å². The van der Waals surface area contributed by atoms with Crippen LogP contribution in [0.15, 0.2) is 0 Å². The number of hydrogen-bond acceptors (Lipinski definition) is 3. The second-order valence-corrected chi connectivity index (χ2v) is 3.61. The van der Waals surface area contributed by atoms with Crippen LogP contribution in [0.5, 0.6) is 0 Å². The summed E-state index contributed by atoms with van der Waals surface area (Å²) in [5, 5.41) is 3.23. The van der Waals surface area contributed by atoms with Gasteiger partial charge >= 0.3 is 6.18 Å². The quantitative estimate of drug-likeness (QED) is 0.773. The van der Waals surface area contributed by atoms with Crippen LogP contribution in [-0.2, 0) is 4.74 Å². The molecule has 0 aromatic heterocycles. The molecular weight excluding hydrogens is 245 g/mol. The van der Waals surface area contributed by atoms with E-state index >= 15 is 0 Å². The summed E-state index contributed by atoms with van der Waals surface area (Å²) < 4.78 is 39.8. The SMILES string of the molecule is Cl.FC(F)(F)COCCN1CCCNCC1. The van der Waals surface area contributed by atoms with Crippen molar-refractivity contribution < 1.29 is 17.9 Å². The smallest absolute Gasteiger partial charge is 0.371 e. The van der Waals surface area contributed by atoms with Gasteiger partial charge < -0.3 is 10.1 Å². The molecule has 0 saturated carbocycles. The molecule has 0 aliphatic carbocycles. The van der Waals surface area contributed by atoms with Crippen LogP contribution < -0.4 is 5.32 Å². The van der Waals surface area contributed by atoms with Crippen LogP contribution in [0.25, 0.3) is 0 Å². The molecule has 1 aliphatic rings. The fourth-order valence-corrected chi connectivity index (χ4v) is 1.51. The highest BCUT2D eigenvalue weighted by molar-refractivity contribution is 5.85. The summed E-state index contributed by atoms with van der Waals surface area (Å²) >= 11 is 0. The lowest BCUT2D eigenvalue weighted by atomic mass is 10.4. The Morgan fingerprint density at radius 2 is 1.94 bits per heavy atom. The lowest BCUT2D eigenvalue weighted by Crippen LogP contribution is -2.32. The molecule has 0 radical (unpaired) electrons. The van der Waals surface area contributed by atoms with Gasteiger partial charge in [-0.15, -0.1) is 12.4 Å². The molecule has 16 heavy (non-hydrogen) atoms. The van der Waals surface area contributed by atoms with Crippen molar-refractivity contribution in [3.8, 4) is 0 Å². The average Bonchev–Trinajstić information content (AvgIpc) is 2.39. The first-order valence-corrected chi connectivity index (χ1v) is 5.15. The Kier molecular flexibility index (Phi) is 8.09. The number of hydrogen-bond donors (Lipinski definition) is 1. The molecule has 1 rings (SSSR count). The van der Waals surface area contributed by atoms with E-state index in [1.807, 2.05) is 0 Å². The third-order valence-corrected chi connectivity index (χ3v) is 2.25. The van der Waals surface area contributed by atoms with Gasteiger partial charge in [0.1, 0.15) is 6.61 Å². The van der Waals surface area contributed by atoms with E-state index < -0.39 is 12.8 Å². The zero-order chi connectivity index (χ0) is 11.1. The van der Waals surface area contributed by atoms with Gasteiger partial charge in [0, 0.05) is 19.6 Å². The van der Waals surface area contributed by atoms with E-state index in [0.29, 0.717) is 6.54 Å². The Morgan fingerprint density at radius 1 is 1.19 bits per heavy atom. The molecule has 0 spiro atoms. The summed E-state index contributed by atoms with van der Waals surface area (Å²) in [5.41, 5.74) is 0. The monoisotopic (exact) mass is 262 g/mol. The van der Waals surface area contributed by atoms with E-state index in [1.54, 1.807) is 0 Å². The van der Waals surface area contributed by atoms with Crippen LogP contribution in [0, 0.1) is 0 Å². The molecule has 3 nitrogen and oxygen atoms in total. The van der Waals surface area contributed by atoms with Gasteiger partial charge in [0.25, 0.3) is 0 Å². The number of alkyl halides is 3. The molecule has 0 aromatic rings. The van der Waals surface area contributed by atoms with Gasteiger partial charge in [0.15, 0.2) is 0 Å². The predicted octanol–water partition coefficient (Wildman–Crippen LogP) is 1.28. The number of nitrogens with zero attached hydrogens (tertiary/aromatic N) is 1. The molecule has 0 aromatic carbocycles. The van der Waals surface area contributed by atoms with Gasteiger partial charge in [0.05, 0.1) is 6.61 Å². The summed E-state index contributed by atoms with van der Waals surface area (Å²) in [6.45, 7) is 3.30. The molecule has 0 atom stereocenters.